The molecule has 0 aromatic rings. The molecule has 0 aliphatic rings. The van der Waals surface area contributed by atoms with Crippen LogP contribution in [0.1, 0.15) is 0 Å². The molecule has 17 heteroatoms. The minimum absolute atomic E-state index is 0. The second-order valence-electron chi connectivity index (χ2n) is 1.22. The molecule has 12 nitrogen and oxygen atoms in total. The molecule has 0 aliphatic heterocycles. The van der Waals surface area contributed by atoms with Gasteiger partial charge in [-0.3, -0.25) is 25.3 Å². The van der Waals surface area contributed by atoms with Gasteiger partial charge in [-0.25, -0.2) is 0 Å². The van der Waals surface area contributed by atoms with E-state index in [-0.39, 0.29) is 34.7 Å². The maximum Gasteiger partial charge on any atom is 0.0311 e. The molecule has 0 aromatic heterocycles. The standard InChI is InChI=1S/2Cr.3H2O4S/c;;3*1-5(2,3)4/h;;3*(H2,1,2,3,4)/p-6. The van der Waals surface area contributed by atoms with E-state index in [4.69, 9.17) is 52.6 Å². The quantitative estimate of drug-likeness (QED) is 0.283. The van der Waals surface area contributed by atoms with Crippen LogP contribution < -0.4 is 0 Å². The predicted molar refractivity (Wildman–Crippen MR) is 31.4 cm³/mol. The first-order chi connectivity index (χ1) is 6.00. The number of hydrogen-bond acceptors (Lipinski definition) is 12. The molecular formula is Cr2O12S3-6. The van der Waals surface area contributed by atoms with Crippen molar-refractivity contribution in [2.24, 2.45) is 0 Å². The molecule has 0 amide bonds. The predicted octanol–water partition coefficient (Wildman–Crippen LogP) is -4.02. The molecule has 0 unspecified atom stereocenters. The first kappa shape index (κ1) is 30.6. The van der Waals surface area contributed by atoms with Crippen LogP contribution in [0.5, 0.6) is 0 Å². The summed E-state index contributed by atoms with van der Waals surface area (Å²) in [5, 5.41) is 0. The summed E-state index contributed by atoms with van der Waals surface area (Å²) in [6.07, 6.45) is 0. The zero-order valence-electron chi connectivity index (χ0n) is 6.94. The molecule has 0 bridgehead atoms. The molecule has 0 atom stereocenters. The molecule has 0 aliphatic carbocycles. The van der Waals surface area contributed by atoms with Gasteiger partial charge in [-0.15, -0.1) is 0 Å². The molecular weight excluding hydrogens is 392 g/mol. The van der Waals surface area contributed by atoms with Gasteiger partial charge in [0, 0.05) is 65.9 Å². The van der Waals surface area contributed by atoms with Crippen molar-refractivity contribution in [2.75, 3.05) is 0 Å². The normalized spacial score (nSPS) is 10.2. The Morgan fingerprint density at radius 1 is 0.412 bits per heavy atom. The summed E-state index contributed by atoms with van der Waals surface area (Å²) >= 11 is 0. The van der Waals surface area contributed by atoms with E-state index in [1.807, 2.05) is 0 Å². The fourth-order valence-corrected chi connectivity index (χ4v) is 0. The molecule has 0 aromatic carbocycles. The van der Waals surface area contributed by atoms with Crippen molar-refractivity contribution in [3.05, 3.63) is 0 Å². The van der Waals surface area contributed by atoms with Crippen molar-refractivity contribution in [1.29, 1.82) is 0 Å². The van der Waals surface area contributed by atoms with Crippen LogP contribution in [0.25, 0.3) is 0 Å². The van der Waals surface area contributed by atoms with Gasteiger partial charge in [-0.1, -0.05) is 0 Å². The molecule has 0 rings (SSSR count). The van der Waals surface area contributed by atoms with Crippen LogP contribution in [0, 0.1) is 0 Å². The number of hydrogen-bond donors (Lipinski definition) is 0. The molecule has 0 saturated heterocycles. The maximum atomic E-state index is 8.52. The van der Waals surface area contributed by atoms with Crippen LogP contribution in [0.15, 0.2) is 0 Å². The second-order valence-corrected chi connectivity index (χ2v) is 3.67. The minimum Gasteiger partial charge on any atom is -0.759 e. The summed E-state index contributed by atoms with van der Waals surface area (Å²) in [5.41, 5.74) is 0. The maximum absolute atomic E-state index is 8.52. The summed E-state index contributed by atoms with van der Waals surface area (Å²) in [5.74, 6) is 0. The van der Waals surface area contributed by atoms with Gasteiger partial charge in [0.1, 0.15) is 0 Å². The summed E-state index contributed by atoms with van der Waals surface area (Å²) < 4.78 is 102. The molecule has 108 valence electrons. The molecule has 0 heterocycles. The zero-order valence-corrected chi connectivity index (χ0v) is 11.9. The van der Waals surface area contributed by atoms with Gasteiger partial charge in [0.2, 0.25) is 0 Å². The first-order valence-corrected chi connectivity index (χ1v) is 6.00. The molecule has 17 heavy (non-hydrogen) atoms. The van der Waals surface area contributed by atoms with Gasteiger partial charge >= 0.3 is 0 Å². The zero-order chi connectivity index (χ0) is 13.5. The Balaban J connectivity index is -0.0000000400. The molecule has 0 saturated carbocycles. The van der Waals surface area contributed by atoms with Crippen LogP contribution in [0.4, 0.5) is 0 Å². The fourth-order valence-electron chi connectivity index (χ4n) is 0. The van der Waals surface area contributed by atoms with Crippen LogP contribution in [-0.4, -0.2) is 52.6 Å². The number of rotatable bonds is 0. The summed E-state index contributed by atoms with van der Waals surface area (Å²) in [6, 6.07) is 0. The van der Waals surface area contributed by atoms with Crippen molar-refractivity contribution < 1.29 is 87.3 Å². The van der Waals surface area contributed by atoms with E-state index in [0.717, 1.165) is 0 Å². The van der Waals surface area contributed by atoms with Crippen molar-refractivity contribution in [1.82, 2.24) is 0 Å². The Morgan fingerprint density at radius 2 is 0.412 bits per heavy atom. The average molecular weight is 392 g/mol. The largest absolute Gasteiger partial charge is 0.759 e. The Morgan fingerprint density at radius 3 is 0.412 bits per heavy atom. The van der Waals surface area contributed by atoms with E-state index in [1.54, 1.807) is 0 Å². The second kappa shape index (κ2) is 11.7. The topological polar surface area (TPSA) is 241 Å². The third-order valence-corrected chi connectivity index (χ3v) is 0. The van der Waals surface area contributed by atoms with Gasteiger partial charge in [0.15, 0.2) is 0 Å². The smallest absolute Gasteiger partial charge is 0.0311 e. The SMILES string of the molecule is O=S(=O)([O-])[O-].O=S(=O)([O-])[O-].O=S(=O)([O-])[O-].[Cr].[Cr]. The summed E-state index contributed by atoms with van der Waals surface area (Å²) in [6.45, 7) is 0. The van der Waals surface area contributed by atoms with E-state index >= 15 is 0 Å². The molecule has 0 fully saturated rings. The third-order valence-electron chi connectivity index (χ3n) is 0. The molecule has 0 radical (unpaired) electrons. The van der Waals surface area contributed by atoms with Gasteiger partial charge in [-0.2, -0.15) is 0 Å². The van der Waals surface area contributed by atoms with Gasteiger partial charge < -0.3 is 27.3 Å². The van der Waals surface area contributed by atoms with Crippen molar-refractivity contribution >= 4 is 31.2 Å². The Hall–Kier alpha value is 0.675. The molecule has 0 spiro atoms. The van der Waals surface area contributed by atoms with Gasteiger partial charge in [0.25, 0.3) is 0 Å². The van der Waals surface area contributed by atoms with Gasteiger partial charge in [0.05, 0.1) is 0 Å². The van der Waals surface area contributed by atoms with E-state index < -0.39 is 31.2 Å². The minimum atomic E-state index is -5.17. The summed E-state index contributed by atoms with van der Waals surface area (Å²) in [7, 11) is -15.5. The Bertz CT molecular complexity index is 341. The first-order valence-electron chi connectivity index (χ1n) is 2.00. The average Bonchev–Trinajstić information content (AvgIpc) is 1.41. The van der Waals surface area contributed by atoms with Crippen LogP contribution in [-0.2, 0) is 65.9 Å². The van der Waals surface area contributed by atoms with Crippen LogP contribution in [0.3, 0.4) is 0 Å². The van der Waals surface area contributed by atoms with Crippen LogP contribution >= 0.6 is 0 Å². The van der Waals surface area contributed by atoms with Crippen molar-refractivity contribution in [3.63, 3.8) is 0 Å². The Kier molecular flexibility index (Phi) is 21.1. The fraction of sp³-hybridized carbons (Fsp3) is 0. The van der Waals surface area contributed by atoms with Crippen molar-refractivity contribution in [3.8, 4) is 0 Å². The van der Waals surface area contributed by atoms with E-state index in [1.165, 1.54) is 0 Å². The van der Waals surface area contributed by atoms with E-state index in [9.17, 15) is 0 Å². The summed E-state index contributed by atoms with van der Waals surface area (Å²) in [4.78, 5) is 0. The monoisotopic (exact) mass is 392 g/mol. The Labute approximate surface area is 118 Å². The molecule has 0 N–H and O–H groups in total. The third kappa shape index (κ3) is 7880. The van der Waals surface area contributed by atoms with Crippen LogP contribution in [0.2, 0.25) is 0 Å². The van der Waals surface area contributed by atoms with Crippen molar-refractivity contribution in [2.45, 2.75) is 0 Å². The van der Waals surface area contributed by atoms with E-state index in [0.29, 0.717) is 0 Å². The van der Waals surface area contributed by atoms with Gasteiger partial charge in [-0.05, 0) is 0 Å². The van der Waals surface area contributed by atoms with E-state index in [2.05, 4.69) is 0 Å².